The normalized spacial score (nSPS) is 14.7. The highest BCUT2D eigenvalue weighted by Gasteiger charge is 2.13. The molecule has 1 aliphatic rings. The zero-order valence-electron chi connectivity index (χ0n) is 7.15. The van der Waals surface area contributed by atoms with Gasteiger partial charge in [-0.2, -0.15) is 0 Å². The van der Waals surface area contributed by atoms with Crippen LogP contribution < -0.4 is 0 Å². The van der Waals surface area contributed by atoms with Crippen LogP contribution in [-0.4, -0.2) is 4.98 Å². The number of hydrogen-bond donors (Lipinski definition) is 1. The monoisotopic (exact) mass is 225 g/mol. The van der Waals surface area contributed by atoms with Gasteiger partial charge in [0, 0.05) is 23.1 Å². The van der Waals surface area contributed by atoms with Crippen LogP contribution in [0.5, 0.6) is 0 Å². The van der Waals surface area contributed by atoms with E-state index in [4.69, 9.17) is 0 Å². The van der Waals surface area contributed by atoms with Crippen molar-refractivity contribution in [3.8, 4) is 0 Å². The second-order valence-corrected chi connectivity index (χ2v) is 3.76. The summed E-state index contributed by atoms with van der Waals surface area (Å²) in [7, 11) is 0. The maximum absolute atomic E-state index is 3.44. The van der Waals surface area contributed by atoms with Crippen molar-refractivity contribution in [2.24, 2.45) is 0 Å². The maximum Gasteiger partial charge on any atom is 0.0434 e. The van der Waals surface area contributed by atoms with Crippen LogP contribution >= 0.6 is 15.9 Å². The van der Waals surface area contributed by atoms with Gasteiger partial charge in [-0.1, -0.05) is 34.5 Å². The van der Waals surface area contributed by atoms with Crippen LogP contribution in [0.3, 0.4) is 0 Å². The van der Waals surface area contributed by atoms with E-state index in [2.05, 4.69) is 40.0 Å². The first-order valence-corrected chi connectivity index (χ1v) is 5.41. The van der Waals surface area contributed by atoms with E-state index in [1.807, 2.05) is 0 Å². The van der Waals surface area contributed by atoms with Gasteiger partial charge in [0.1, 0.15) is 0 Å². The molecule has 0 amide bonds. The zero-order valence-corrected chi connectivity index (χ0v) is 8.74. The quantitative estimate of drug-likeness (QED) is 0.745. The first-order chi connectivity index (χ1) is 5.83. The van der Waals surface area contributed by atoms with Crippen LogP contribution in [0, 0.1) is 0 Å². The molecule has 0 saturated heterocycles. The van der Waals surface area contributed by atoms with Crippen molar-refractivity contribution in [1.29, 1.82) is 0 Å². The fraction of sp³-hybridized carbons (Fsp3) is 0.400. The smallest absolute Gasteiger partial charge is 0.0434 e. The molecule has 0 saturated carbocycles. The minimum Gasteiger partial charge on any atom is -0.361 e. The molecule has 1 heterocycles. The van der Waals surface area contributed by atoms with Gasteiger partial charge < -0.3 is 4.98 Å². The fourth-order valence-electron chi connectivity index (χ4n) is 1.65. The van der Waals surface area contributed by atoms with E-state index < -0.39 is 0 Å². The Morgan fingerprint density at radius 3 is 3.00 bits per heavy atom. The lowest BCUT2D eigenvalue weighted by Gasteiger charge is -1.94. The SMILES string of the molecule is CCC1=Cc2cc(CBr)[nH]c2C1. The number of fused-ring (bicyclic) bond motifs is 1. The van der Waals surface area contributed by atoms with E-state index in [0.717, 1.165) is 11.8 Å². The Hall–Kier alpha value is -0.500. The second kappa shape index (κ2) is 3.09. The number of allylic oxidation sites excluding steroid dienone is 1. The summed E-state index contributed by atoms with van der Waals surface area (Å²) < 4.78 is 0. The summed E-state index contributed by atoms with van der Waals surface area (Å²) in [5, 5.41) is 0.926. The number of aromatic nitrogens is 1. The molecule has 0 atom stereocenters. The molecule has 0 spiro atoms. The van der Waals surface area contributed by atoms with Crippen molar-refractivity contribution >= 4 is 22.0 Å². The lowest BCUT2D eigenvalue weighted by molar-refractivity contribution is 0.998. The number of hydrogen-bond acceptors (Lipinski definition) is 0. The standard InChI is InChI=1S/C10H12BrN/c1-2-7-3-8-5-9(6-11)12-10(8)4-7/h3,5,12H,2,4,6H2,1H3. The average Bonchev–Trinajstić information content (AvgIpc) is 2.59. The molecule has 0 bridgehead atoms. The molecule has 1 aromatic heterocycles. The van der Waals surface area contributed by atoms with Crippen LogP contribution in [0.1, 0.15) is 30.3 Å². The lowest BCUT2D eigenvalue weighted by atomic mass is 10.2. The Balaban J connectivity index is 2.30. The lowest BCUT2D eigenvalue weighted by Crippen LogP contribution is -1.85. The van der Waals surface area contributed by atoms with Crippen molar-refractivity contribution in [2.45, 2.75) is 25.1 Å². The summed E-state index contributed by atoms with van der Waals surface area (Å²) in [4.78, 5) is 3.41. The summed E-state index contributed by atoms with van der Waals surface area (Å²) in [5.41, 5.74) is 5.60. The molecule has 1 N–H and O–H groups in total. The number of aromatic amines is 1. The van der Waals surface area contributed by atoms with Gasteiger partial charge in [0.05, 0.1) is 0 Å². The molecular weight excluding hydrogens is 214 g/mol. The molecule has 2 rings (SSSR count). The molecule has 1 aliphatic carbocycles. The van der Waals surface area contributed by atoms with Crippen molar-refractivity contribution in [3.05, 3.63) is 28.6 Å². The van der Waals surface area contributed by atoms with Gasteiger partial charge >= 0.3 is 0 Å². The van der Waals surface area contributed by atoms with Crippen LogP contribution in [-0.2, 0) is 11.8 Å². The molecule has 1 aromatic rings. The zero-order chi connectivity index (χ0) is 8.55. The topological polar surface area (TPSA) is 15.8 Å². The largest absolute Gasteiger partial charge is 0.361 e. The highest BCUT2D eigenvalue weighted by molar-refractivity contribution is 9.08. The van der Waals surface area contributed by atoms with Crippen molar-refractivity contribution in [1.82, 2.24) is 4.98 Å². The first-order valence-electron chi connectivity index (χ1n) is 4.29. The number of rotatable bonds is 2. The van der Waals surface area contributed by atoms with Gasteiger partial charge in [0.2, 0.25) is 0 Å². The van der Waals surface area contributed by atoms with E-state index in [-0.39, 0.29) is 0 Å². The van der Waals surface area contributed by atoms with Gasteiger partial charge in [-0.3, -0.25) is 0 Å². The second-order valence-electron chi connectivity index (χ2n) is 3.20. The summed E-state index contributed by atoms with van der Waals surface area (Å²) in [6.07, 6.45) is 4.60. The predicted molar refractivity (Wildman–Crippen MR) is 55.4 cm³/mol. The first kappa shape index (κ1) is 8.11. The predicted octanol–water partition coefficient (Wildman–Crippen LogP) is 3.26. The summed E-state index contributed by atoms with van der Waals surface area (Å²) in [6, 6.07) is 2.23. The molecule has 0 unspecified atom stereocenters. The molecule has 2 heteroatoms. The third-order valence-corrected chi connectivity index (χ3v) is 2.96. The van der Waals surface area contributed by atoms with Crippen LogP contribution in [0.2, 0.25) is 0 Å². The number of halogens is 1. The minimum atomic E-state index is 0.926. The third-order valence-electron chi connectivity index (χ3n) is 2.35. The number of alkyl halides is 1. The molecule has 0 radical (unpaired) electrons. The van der Waals surface area contributed by atoms with E-state index in [1.165, 1.54) is 28.9 Å². The molecule has 0 aromatic carbocycles. The van der Waals surface area contributed by atoms with E-state index in [1.54, 1.807) is 0 Å². The van der Waals surface area contributed by atoms with Gasteiger partial charge in [0.15, 0.2) is 0 Å². The van der Waals surface area contributed by atoms with E-state index >= 15 is 0 Å². The van der Waals surface area contributed by atoms with E-state index in [9.17, 15) is 0 Å². The Bertz CT molecular complexity index is 323. The van der Waals surface area contributed by atoms with Gasteiger partial charge in [-0.25, -0.2) is 0 Å². The third kappa shape index (κ3) is 1.24. The fourth-order valence-corrected chi connectivity index (χ4v) is 1.95. The van der Waals surface area contributed by atoms with Crippen molar-refractivity contribution < 1.29 is 0 Å². The Morgan fingerprint density at radius 2 is 2.42 bits per heavy atom. The van der Waals surface area contributed by atoms with Crippen LogP contribution in [0.4, 0.5) is 0 Å². The minimum absolute atomic E-state index is 0.926. The molecular formula is C10H12BrN. The van der Waals surface area contributed by atoms with Crippen LogP contribution in [0.15, 0.2) is 11.6 Å². The molecule has 64 valence electrons. The molecule has 0 fully saturated rings. The molecule has 12 heavy (non-hydrogen) atoms. The Labute approximate surface area is 81.0 Å². The molecule has 0 aliphatic heterocycles. The Morgan fingerprint density at radius 1 is 1.58 bits per heavy atom. The maximum atomic E-state index is 3.44. The Kier molecular flexibility index (Phi) is 2.09. The van der Waals surface area contributed by atoms with Gasteiger partial charge in [-0.05, 0) is 18.1 Å². The van der Waals surface area contributed by atoms with E-state index in [0.29, 0.717) is 0 Å². The summed E-state index contributed by atoms with van der Waals surface area (Å²) in [6.45, 7) is 2.21. The number of H-pyrrole nitrogens is 1. The van der Waals surface area contributed by atoms with Crippen molar-refractivity contribution in [2.75, 3.05) is 0 Å². The summed E-state index contributed by atoms with van der Waals surface area (Å²) in [5.74, 6) is 0. The number of nitrogens with one attached hydrogen (secondary N) is 1. The molecule has 1 nitrogen and oxygen atoms in total. The summed E-state index contributed by atoms with van der Waals surface area (Å²) >= 11 is 3.44. The van der Waals surface area contributed by atoms with Gasteiger partial charge in [-0.15, -0.1) is 0 Å². The average molecular weight is 226 g/mol. The van der Waals surface area contributed by atoms with Crippen LogP contribution in [0.25, 0.3) is 6.08 Å². The highest BCUT2D eigenvalue weighted by atomic mass is 79.9. The van der Waals surface area contributed by atoms with Gasteiger partial charge in [0.25, 0.3) is 0 Å². The highest BCUT2D eigenvalue weighted by Crippen LogP contribution is 2.27. The van der Waals surface area contributed by atoms with Crippen molar-refractivity contribution in [3.63, 3.8) is 0 Å².